The van der Waals surface area contributed by atoms with Crippen LogP contribution in [0.5, 0.6) is 0 Å². The van der Waals surface area contributed by atoms with Gasteiger partial charge in [0.25, 0.3) is 6.71 Å². The minimum atomic E-state index is -0.0882. The lowest BCUT2D eigenvalue weighted by Gasteiger charge is -2.51. The number of benzene rings is 9. The molecule has 5 heterocycles. The van der Waals surface area contributed by atoms with Gasteiger partial charge in [0.1, 0.15) is 0 Å². The molecular formula is C75H71BN4S. The predicted molar refractivity (Wildman–Crippen MR) is 348 cm³/mol. The molecule has 0 saturated heterocycles. The molecule has 0 bridgehead atoms. The Balaban J connectivity index is 0.998. The number of nitrogens with zero attached hydrogens (tertiary/aromatic N) is 4. The second kappa shape index (κ2) is 17.3. The third-order valence-corrected chi connectivity index (χ3v) is 22.7. The Labute approximate surface area is 483 Å². The molecule has 4 unspecified atom stereocenters. The topological polar surface area (TPSA) is 13.0 Å². The van der Waals surface area contributed by atoms with E-state index < -0.39 is 0 Å². The first-order valence-electron chi connectivity index (χ1n) is 30.1. The number of rotatable bonds is 5. The quantitative estimate of drug-likeness (QED) is 0.159. The molecule has 2 fully saturated rings. The number of para-hydroxylation sites is 2. The molecule has 6 aliphatic rings. The summed E-state index contributed by atoms with van der Waals surface area (Å²) in [6.45, 7) is 19.6. The van der Waals surface area contributed by atoms with E-state index in [9.17, 15) is 0 Å². The van der Waals surface area contributed by atoms with Gasteiger partial charge in [-0.1, -0.05) is 176 Å². The summed E-state index contributed by atoms with van der Waals surface area (Å²) in [5.74, 6) is 0. The summed E-state index contributed by atoms with van der Waals surface area (Å²) in [6.07, 6.45) is 9.69. The van der Waals surface area contributed by atoms with Crippen LogP contribution in [0.15, 0.2) is 188 Å². The highest BCUT2D eigenvalue weighted by molar-refractivity contribution is 7.26. The second-order valence-corrected chi connectivity index (χ2v) is 27.8. The monoisotopic (exact) mass is 1070 g/mol. The van der Waals surface area contributed by atoms with Crippen LogP contribution in [0.25, 0.3) is 31.3 Å². The van der Waals surface area contributed by atoms with Gasteiger partial charge in [0.05, 0.1) is 27.2 Å². The average Bonchev–Trinajstić information content (AvgIpc) is 3.47. The van der Waals surface area contributed by atoms with Crippen molar-refractivity contribution in [3.05, 3.63) is 210 Å². The molecule has 4 atom stereocenters. The van der Waals surface area contributed by atoms with Gasteiger partial charge >= 0.3 is 0 Å². The molecule has 4 aliphatic heterocycles. The Morgan fingerprint density at radius 1 is 0.444 bits per heavy atom. The van der Waals surface area contributed by atoms with Crippen molar-refractivity contribution in [1.29, 1.82) is 0 Å². The molecule has 9 aromatic carbocycles. The Bertz CT molecular complexity index is 4270. The summed E-state index contributed by atoms with van der Waals surface area (Å²) in [4.78, 5) is 11.0. The largest absolute Gasteiger partial charge is 0.334 e. The highest BCUT2D eigenvalue weighted by Gasteiger charge is 2.59. The van der Waals surface area contributed by atoms with E-state index in [1.807, 2.05) is 11.3 Å². The lowest BCUT2D eigenvalue weighted by Crippen LogP contribution is -2.61. The number of aryl methyl sites for hydroxylation is 1. The number of thiophene rings is 1. The maximum atomic E-state index is 2.78. The highest BCUT2D eigenvalue weighted by Crippen LogP contribution is 2.63. The zero-order valence-electron chi connectivity index (χ0n) is 48.3. The number of fused-ring (bicyclic) bond motifs is 13. The number of anilines is 10. The van der Waals surface area contributed by atoms with Crippen LogP contribution in [-0.2, 0) is 16.2 Å². The normalized spacial score (nSPS) is 23.2. The number of hydrogen-bond donors (Lipinski definition) is 0. The highest BCUT2D eigenvalue weighted by atomic mass is 32.1. The van der Waals surface area contributed by atoms with Crippen LogP contribution < -0.4 is 36.0 Å². The first-order chi connectivity index (χ1) is 39.2. The fourth-order valence-corrected chi connectivity index (χ4v) is 18.3. The van der Waals surface area contributed by atoms with Crippen LogP contribution in [0.2, 0.25) is 0 Å². The molecule has 1 aromatic heterocycles. The lowest BCUT2D eigenvalue weighted by molar-refractivity contribution is 0.195. The van der Waals surface area contributed by atoms with Gasteiger partial charge in [-0.2, -0.15) is 0 Å². The third-order valence-electron chi connectivity index (χ3n) is 21.5. The Kier molecular flexibility index (Phi) is 10.5. The first kappa shape index (κ1) is 49.3. The molecule has 4 nitrogen and oxygen atoms in total. The van der Waals surface area contributed by atoms with Crippen LogP contribution in [0.3, 0.4) is 0 Å². The van der Waals surface area contributed by atoms with Crippen LogP contribution in [-0.4, -0.2) is 17.8 Å². The van der Waals surface area contributed by atoms with Crippen molar-refractivity contribution in [3.63, 3.8) is 0 Å². The Morgan fingerprint density at radius 2 is 0.963 bits per heavy atom. The van der Waals surface area contributed by atoms with Gasteiger partial charge in [-0.3, -0.25) is 0 Å². The van der Waals surface area contributed by atoms with E-state index in [1.54, 1.807) is 0 Å². The van der Waals surface area contributed by atoms with Gasteiger partial charge in [0.2, 0.25) is 0 Å². The molecule has 16 rings (SSSR count). The average molecular weight is 1070 g/mol. The molecule has 0 radical (unpaired) electrons. The van der Waals surface area contributed by atoms with E-state index in [4.69, 9.17) is 0 Å². The smallest absolute Gasteiger partial charge is 0.252 e. The molecule has 0 N–H and O–H groups in total. The van der Waals surface area contributed by atoms with Crippen molar-refractivity contribution in [3.8, 4) is 11.1 Å². The van der Waals surface area contributed by atoms with Crippen molar-refractivity contribution in [2.45, 2.75) is 134 Å². The van der Waals surface area contributed by atoms with Gasteiger partial charge in [-0.05, 0) is 169 Å². The van der Waals surface area contributed by atoms with E-state index in [0.29, 0.717) is 0 Å². The van der Waals surface area contributed by atoms with Crippen LogP contribution in [0.1, 0.15) is 122 Å². The number of hydrogen-bond acceptors (Lipinski definition) is 5. The zero-order valence-corrected chi connectivity index (χ0v) is 49.1. The lowest BCUT2D eigenvalue weighted by atomic mass is 9.33. The molecule has 0 amide bonds. The van der Waals surface area contributed by atoms with Crippen molar-refractivity contribution in [2.75, 3.05) is 19.6 Å². The van der Waals surface area contributed by atoms with E-state index in [-0.39, 0.29) is 34.0 Å². The van der Waals surface area contributed by atoms with Crippen LogP contribution >= 0.6 is 11.3 Å². The summed E-state index contributed by atoms with van der Waals surface area (Å²) < 4.78 is 2.64. The fourth-order valence-electron chi connectivity index (χ4n) is 17.1. The van der Waals surface area contributed by atoms with Crippen LogP contribution in [0.4, 0.5) is 56.9 Å². The van der Waals surface area contributed by atoms with Crippen LogP contribution in [0, 0.1) is 6.92 Å². The molecule has 400 valence electrons. The van der Waals surface area contributed by atoms with Gasteiger partial charge in [0.15, 0.2) is 0 Å². The molecule has 2 aliphatic carbocycles. The summed E-state index contributed by atoms with van der Waals surface area (Å²) in [6, 6.07) is 73.7. The maximum Gasteiger partial charge on any atom is 0.252 e. The molecular weight excluding hydrogens is 1000 g/mol. The fraction of sp³-hybridized carbons (Fsp3) is 0.280. The van der Waals surface area contributed by atoms with Crippen molar-refractivity contribution < 1.29 is 0 Å². The van der Waals surface area contributed by atoms with E-state index >= 15 is 0 Å². The predicted octanol–water partition coefficient (Wildman–Crippen LogP) is 18.9. The molecule has 81 heavy (non-hydrogen) atoms. The Hall–Kier alpha value is -7.54. The SMILES string of the molecule is Cc1cc2c3c(c1)N(c1cccc4c1sc1ccccc14)c1cc(N4c5ccccc5C5(C)CCCCC45C)ccc1B3c1ccc(N3c4ccccc4C4(C)CCCCC34C)cc1N2c1ccc(C(C)(C)C)cc1-c1ccccc1. The first-order valence-corrected chi connectivity index (χ1v) is 30.9. The van der Waals surface area contributed by atoms with Crippen molar-refractivity contribution in [2.24, 2.45) is 0 Å². The molecule has 2 saturated carbocycles. The third kappa shape index (κ3) is 6.66. The van der Waals surface area contributed by atoms with E-state index in [2.05, 4.69) is 263 Å². The molecule has 0 spiro atoms. The minimum absolute atomic E-state index is 0.0298. The van der Waals surface area contributed by atoms with Gasteiger partial charge in [0, 0.05) is 77.4 Å². The summed E-state index contributed by atoms with van der Waals surface area (Å²) in [5, 5.41) is 2.63. The summed E-state index contributed by atoms with van der Waals surface area (Å²) in [7, 11) is 0. The maximum absolute atomic E-state index is 2.78. The minimum Gasteiger partial charge on any atom is -0.334 e. The van der Waals surface area contributed by atoms with Gasteiger partial charge < -0.3 is 19.6 Å². The van der Waals surface area contributed by atoms with E-state index in [0.717, 1.165) is 12.8 Å². The van der Waals surface area contributed by atoms with E-state index in [1.165, 1.54) is 165 Å². The van der Waals surface area contributed by atoms with Gasteiger partial charge in [-0.15, -0.1) is 11.3 Å². The standard InChI is InChI=1S/C75H71BN4S/c1-48-43-66-69-67(44-48)78(63-31-22-26-54-53-25-12-17-32-68(53)81-70(54)63)65-47-52(80-62-30-16-14-28-57(62)73(6)40-19-21-42-75(73,80)8)35-37-59(65)76(69)58-36-34-51(79-61-29-15-13-27-56(61)72(5)39-18-20-41-74(72,79)7)46-64(58)77(66)60-38-33-50(71(2,3)4)45-55(60)49-23-10-9-11-24-49/h9-17,22-38,43-47H,18-21,39-42H2,1-8H3. The van der Waals surface area contributed by atoms with Gasteiger partial charge in [-0.25, -0.2) is 0 Å². The second-order valence-electron chi connectivity index (χ2n) is 26.7. The molecule has 10 aromatic rings. The van der Waals surface area contributed by atoms with Crippen molar-refractivity contribution >= 4 is 111 Å². The summed E-state index contributed by atoms with van der Waals surface area (Å²) in [5.41, 5.74) is 24.6. The molecule has 6 heteroatoms. The van der Waals surface area contributed by atoms with Crippen molar-refractivity contribution in [1.82, 2.24) is 0 Å². The summed E-state index contributed by atoms with van der Waals surface area (Å²) >= 11 is 1.93. The zero-order chi connectivity index (χ0) is 55.0. The Morgan fingerprint density at radius 3 is 1.57 bits per heavy atom.